The minimum absolute atomic E-state index is 0.481. The van der Waals surface area contributed by atoms with Gasteiger partial charge < -0.3 is 9.64 Å². The fourth-order valence-electron chi connectivity index (χ4n) is 1.89. The minimum Gasteiger partial charge on any atom is -0.377 e. The Kier molecular flexibility index (Phi) is 3.59. The third-order valence-corrected chi connectivity index (χ3v) is 3.15. The molecule has 1 fully saturated rings. The van der Waals surface area contributed by atoms with Crippen molar-refractivity contribution in [1.29, 1.82) is 0 Å². The van der Waals surface area contributed by atoms with Crippen LogP contribution in [0.2, 0.25) is 0 Å². The van der Waals surface area contributed by atoms with E-state index in [-0.39, 0.29) is 0 Å². The summed E-state index contributed by atoms with van der Waals surface area (Å²) in [6.07, 6.45) is 4.83. The van der Waals surface area contributed by atoms with Crippen LogP contribution in [0.4, 0.5) is 5.69 Å². The molecule has 0 spiro atoms. The fourth-order valence-corrected chi connectivity index (χ4v) is 2.24. The molecule has 1 aliphatic heterocycles. The van der Waals surface area contributed by atoms with Crippen LogP contribution in [0.25, 0.3) is 0 Å². The van der Waals surface area contributed by atoms with Crippen LogP contribution < -0.4 is 4.90 Å². The normalized spacial score (nSPS) is 21.7. The molecule has 1 unspecified atom stereocenters. The molecule has 0 radical (unpaired) electrons. The Labute approximate surface area is 98.6 Å². The van der Waals surface area contributed by atoms with Crippen molar-refractivity contribution < 1.29 is 4.74 Å². The summed E-state index contributed by atoms with van der Waals surface area (Å²) in [6.45, 7) is 4.78. The van der Waals surface area contributed by atoms with Gasteiger partial charge in [0.05, 0.1) is 31.1 Å². The molecule has 1 saturated heterocycles. The molecule has 82 valence electrons. The maximum absolute atomic E-state index is 5.48. The zero-order valence-electron chi connectivity index (χ0n) is 8.82. The Morgan fingerprint density at radius 3 is 3.20 bits per heavy atom. The number of anilines is 1. The molecule has 1 aromatic rings. The van der Waals surface area contributed by atoms with Crippen molar-refractivity contribution in [2.24, 2.45) is 0 Å². The van der Waals surface area contributed by atoms with E-state index in [9.17, 15) is 0 Å². The van der Waals surface area contributed by atoms with Crippen LogP contribution in [0.5, 0.6) is 0 Å². The number of aromatic nitrogens is 1. The van der Waals surface area contributed by atoms with E-state index in [0.717, 1.165) is 30.7 Å². The van der Waals surface area contributed by atoms with Gasteiger partial charge in [0.1, 0.15) is 0 Å². The number of ether oxygens (including phenoxy) is 1. The van der Waals surface area contributed by atoms with Crippen LogP contribution in [0.15, 0.2) is 22.9 Å². The summed E-state index contributed by atoms with van der Waals surface area (Å²) in [5.74, 6) is 0. The highest BCUT2D eigenvalue weighted by Gasteiger charge is 2.21. The predicted octanol–water partition coefficient (Wildman–Crippen LogP) is 2.46. The minimum atomic E-state index is 0.481. The summed E-state index contributed by atoms with van der Waals surface area (Å²) in [5.41, 5.74) is 1.18. The lowest BCUT2D eigenvalue weighted by molar-refractivity contribution is 0.0929. The van der Waals surface area contributed by atoms with E-state index < -0.39 is 0 Å². The fraction of sp³-hybridized carbons (Fsp3) is 0.545. The second-order valence-corrected chi connectivity index (χ2v) is 4.61. The molecule has 0 aromatic carbocycles. The molecule has 2 rings (SSSR count). The van der Waals surface area contributed by atoms with E-state index in [2.05, 4.69) is 38.8 Å². The second-order valence-electron chi connectivity index (χ2n) is 3.69. The van der Waals surface area contributed by atoms with Crippen LogP contribution in [0.1, 0.15) is 13.3 Å². The molecule has 1 aliphatic rings. The quantitative estimate of drug-likeness (QED) is 0.826. The van der Waals surface area contributed by atoms with Crippen LogP contribution in [0, 0.1) is 0 Å². The predicted molar refractivity (Wildman–Crippen MR) is 64.2 cm³/mol. The molecule has 3 nitrogen and oxygen atoms in total. The van der Waals surface area contributed by atoms with Crippen LogP contribution in [-0.2, 0) is 4.74 Å². The van der Waals surface area contributed by atoms with E-state index in [4.69, 9.17) is 4.74 Å². The molecule has 4 heteroatoms. The second kappa shape index (κ2) is 4.94. The van der Waals surface area contributed by atoms with Crippen LogP contribution in [0.3, 0.4) is 0 Å². The summed E-state index contributed by atoms with van der Waals surface area (Å²) in [5, 5.41) is 0. The highest BCUT2D eigenvalue weighted by Crippen LogP contribution is 2.23. The van der Waals surface area contributed by atoms with Gasteiger partial charge in [-0.25, -0.2) is 0 Å². The molecule has 0 bridgehead atoms. The van der Waals surface area contributed by atoms with Gasteiger partial charge in [0, 0.05) is 17.2 Å². The van der Waals surface area contributed by atoms with Gasteiger partial charge in [0.15, 0.2) is 0 Å². The molecule has 15 heavy (non-hydrogen) atoms. The van der Waals surface area contributed by atoms with E-state index in [1.54, 1.807) is 0 Å². The summed E-state index contributed by atoms with van der Waals surface area (Å²) in [6, 6.07) is 2.59. The van der Waals surface area contributed by atoms with Crippen LogP contribution in [-0.4, -0.2) is 30.8 Å². The molecule has 0 N–H and O–H groups in total. The first-order chi connectivity index (χ1) is 7.31. The molecular formula is C11H15BrN2O. The lowest BCUT2D eigenvalue weighted by Gasteiger charge is -2.36. The Morgan fingerprint density at radius 1 is 1.60 bits per heavy atom. The number of rotatable bonds is 2. The molecule has 0 saturated carbocycles. The maximum Gasteiger partial charge on any atom is 0.0670 e. The smallest absolute Gasteiger partial charge is 0.0670 e. The lowest BCUT2D eigenvalue weighted by atomic mass is 10.1. The summed E-state index contributed by atoms with van der Waals surface area (Å²) >= 11 is 3.45. The Hall–Kier alpha value is -0.610. The standard InChI is InChI=1S/C11H15BrN2O/c1-2-10-8-15-4-3-14(10)11-5-9(12)6-13-7-11/h5-7,10H,2-4,8H2,1H3. The van der Waals surface area contributed by atoms with Gasteiger partial charge in [0.25, 0.3) is 0 Å². The number of pyridine rings is 1. The Balaban J connectivity index is 2.20. The first kappa shape index (κ1) is 10.9. The zero-order chi connectivity index (χ0) is 10.7. The van der Waals surface area contributed by atoms with E-state index in [0.29, 0.717) is 6.04 Å². The number of hydrogen-bond acceptors (Lipinski definition) is 3. The van der Waals surface area contributed by atoms with Gasteiger partial charge >= 0.3 is 0 Å². The Bertz CT molecular complexity index is 332. The molecule has 1 atom stereocenters. The molecule has 0 amide bonds. The van der Waals surface area contributed by atoms with Crippen molar-refractivity contribution in [3.63, 3.8) is 0 Å². The number of hydrogen-bond donors (Lipinski definition) is 0. The summed E-state index contributed by atoms with van der Waals surface area (Å²) in [4.78, 5) is 6.58. The van der Waals surface area contributed by atoms with Gasteiger partial charge in [-0.2, -0.15) is 0 Å². The van der Waals surface area contributed by atoms with Crippen molar-refractivity contribution in [1.82, 2.24) is 4.98 Å². The topological polar surface area (TPSA) is 25.4 Å². The number of nitrogens with zero attached hydrogens (tertiary/aromatic N) is 2. The lowest BCUT2D eigenvalue weighted by Crippen LogP contribution is -2.45. The highest BCUT2D eigenvalue weighted by atomic mass is 79.9. The van der Waals surface area contributed by atoms with Crippen molar-refractivity contribution in [2.75, 3.05) is 24.7 Å². The van der Waals surface area contributed by atoms with Gasteiger partial charge in [0.2, 0.25) is 0 Å². The average Bonchev–Trinajstić information content (AvgIpc) is 2.29. The Morgan fingerprint density at radius 2 is 2.47 bits per heavy atom. The largest absolute Gasteiger partial charge is 0.377 e. The zero-order valence-corrected chi connectivity index (χ0v) is 10.4. The number of morpholine rings is 1. The van der Waals surface area contributed by atoms with Crippen molar-refractivity contribution in [2.45, 2.75) is 19.4 Å². The van der Waals surface area contributed by atoms with E-state index in [1.807, 2.05) is 12.4 Å². The third-order valence-electron chi connectivity index (χ3n) is 2.72. The van der Waals surface area contributed by atoms with Crippen molar-refractivity contribution in [3.05, 3.63) is 22.9 Å². The SMILES string of the molecule is CCC1COCCN1c1cncc(Br)c1. The highest BCUT2D eigenvalue weighted by molar-refractivity contribution is 9.10. The van der Waals surface area contributed by atoms with E-state index >= 15 is 0 Å². The van der Waals surface area contributed by atoms with Gasteiger partial charge in [-0.1, -0.05) is 6.92 Å². The molecule has 1 aromatic heterocycles. The van der Waals surface area contributed by atoms with Crippen molar-refractivity contribution >= 4 is 21.6 Å². The summed E-state index contributed by atoms with van der Waals surface area (Å²) in [7, 11) is 0. The molecule has 2 heterocycles. The van der Waals surface area contributed by atoms with Crippen molar-refractivity contribution in [3.8, 4) is 0 Å². The number of halogens is 1. The first-order valence-corrected chi connectivity index (χ1v) is 6.05. The molecule has 0 aliphatic carbocycles. The average molecular weight is 271 g/mol. The third kappa shape index (κ3) is 2.49. The van der Waals surface area contributed by atoms with E-state index in [1.165, 1.54) is 5.69 Å². The van der Waals surface area contributed by atoms with Gasteiger partial charge in [-0.15, -0.1) is 0 Å². The van der Waals surface area contributed by atoms with Gasteiger partial charge in [-0.3, -0.25) is 4.98 Å². The molecular weight excluding hydrogens is 256 g/mol. The maximum atomic E-state index is 5.48. The van der Waals surface area contributed by atoms with Gasteiger partial charge in [-0.05, 0) is 28.4 Å². The summed E-state index contributed by atoms with van der Waals surface area (Å²) < 4.78 is 6.51. The first-order valence-electron chi connectivity index (χ1n) is 5.26. The van der Waals surface area contributed by atoms with Crippen LogP contribution >= 0.6 is 15.9 Å². The monoisotopic (exact) mass is 270 g/mol.